The number of benzene rings is 2. The molecule has 8 nitrogen and oxygen atoms in total. The molecule has 0 spiro atoms. The van der Waals surface area contributed by atoms with Gasteiger partial charge in [-0.3, -0.25) is 19.8 Å². The summed E-state index contributed by atoms with van der Waals surface area (Å²) in [6.45, 7) is 7.54. The van der Waals surface area contributed by atoms with E-state index in [-0.39, 0.29) is 5.91 Å². The third-order valence-corrected chi connectivity index (χ3v) is 5.61. The predicted octanol–water partition coefficient (Wildman–Crippen LogP) is 3.56. The van der Waals surface area contributed by atoms with Crippen LogP contribution in [0.5, 0.6) is 11.5 Å². The highest BCUT2D eigenvalue weighted by atomic mass is 16.6. The molecule has 172 valence electrons. The number of amides is 1. The van der Waals surface area contributed by atoms with Crippen molar-refractivity contribution in [2.45, 2.75) is 27.2 Å². The number of aryl methyl sites for hydroxylation is 3. The molecule has 0 saturated carbocycles. The van der Waals surface area contributed by atoms with E-state index in [1.165, 1.54) is 5.56 Å². The van der Waals surface area contributed by atoms with E-state index >= 15 is 0 Å². The van der Waals surface area contributed by atoms with Gasteiger partial charge in [0.15, 0.2) is 11.5 Å². The van der Waals surface area contributed by atoms with Crippen molar-refractivity contribution in [3.8, 4) is 11.5 Å². The number of nitrogens with one attached hydrogen (secondary N) is 2. The standard InChI is InChI=1S/C25H29N5O3/c1-16-6-5-7-19(14-16)24(31)28-25(26-11-10-21-17(2)29-30(4)18(21)3)27-20-8-9-22-23(15-20)33-13-12-32-22/h5-9,14-15H,10-13H2,1-4H3,(H2,26,27,28,31). The third kappa shape index (κ3) is 5.34. The van der Waals surface area contributed by atoms with Crippen LogP contribution in [0.25, 0.3) is 0 Å². The zero-order valence-electron chi connectivity index (χ0n) is 19.4. The zero-order chi connectivity index (χ0) is 23.4. The Morgan fingerprint density at radius 1 is 1.09 bits per heavy atom. The molecule has 4 rings (SSSR count). The summed E-state index contributed by atoms with van der Waals surface area (Å²) in [5.41, 5.74) is 5.62. The van der Waals surface area contributed by atoms with Gasteiger partial charge in [-0.2, -0.15) is 5.10 Å². The molecular formula is C25H29N5O3. The molecule has 1 amide bonds. The Hall–Kier alpha value is -3.81. The average molecular weight is 448 g/mol. The minimum absolute atomic E-state index is 0.226. The van der Waals surface area contributed by atoms with E-state index < -0.39 is 0 Å². The number of rotatable bonds is 5. The fourth-order valence-corrected chi connectivity index (χ4v) is 3.79. The number of fused-ring (bicyclic) bond motifs is 1. The Bertz CT molecular complexity index is 1200. The number of hydrogen-bond acceptors (Lipinski definition) is 5. The van der Waals surface area contributed by atoms with E-state index in [4.69, 9.17) is 9.47 Å². The van der Waals surface area contributed by atoms with Gasteiger partial charge >= 0.3 is 0 Å². The predicted molar refractivity (Wildman–Crippen MR) is 128 cm³/mol. The normalized spacial score (nSPS) is 13.0. The second kappa shape index (κ2) is 9.77. The molecular weight excluding hydrogens is 418 g/mol. The first-order valence-corrected chi connectivity index (χ1v) is 11.0. The van der Waals surface area contributed by atoms with Crippen LogP contribution in [-0.4, -0.2) is 41.4 Å². The van der Waals surface area contributed by atoms with Crippen LogP contribution >= 0.6 is 0 Å². The Labute approximate surface area is 193 Å². The fourth-order valence-electron chi connectivity index (χ4n) is 3.79. The van der Waals surface area contributed by atoms with Crippen molar-refractivity contribution in [3.63, 3.8) is 0 Å². The summed E-state index contributed by atoms with van der Waals surface area (Å²) in [7, 11) is 1.94. The van der Waals surface area contributed by atoms with Gasteiger partial charge in [0.1, 0.15) is 13.2 Å². The largest absolute Gasteiger partial charge is 0.486 e. The van der Waals surface area contributed by atoms with Crippen LogP contribution in [-0.2, 0) is 13.5 Å². The zero-order valence-corrected chi connectivity index (χ0v) is 19.4. The number of carbonyl (C=O) groups excluding carboxylic acids is 1. The van der Waals surface area contributed by atoms with Gasteiger partial charge in [0, 0.05) is 36.6 Å². The minimum Gasteiger partial charge on any atom is -0.486 e. The molecule has 1 aromatic heterocycles. The van der Waals surface area contributed by atoms with E-state index in [0.717, 1.165) is 29.1 Å². The molecule has 3 aromatic rings. The summed E-state index contributed by atoms with van der Waals surface area (Å²) in [5.74, 6) is 1.52. The topological polar surface area (TPSA) is 89.8 Å². The maximum atomic E-state index is 12.9. The van der Waals surface area contributed by atoms with Gasteiger partial charge < -0.3 is 14.8 Å². The summed E-state index contributed by atoms with van der Waals surface area (Å²) < 4.78 is 13.1. The number of ether oxygens (including phenoxy) is 2. The number of anilines is 1. The van der Waals surface area contributed by atoms with Gasteiger partial charge in [0.25, 0.3) is 5.91 Å². The number of aliphatic imine (C=N–C) groups is 1. The molecule has 1 aliphatic rings. The van der Waals surface area contributed by atoms with E-state index in [1.807, 2.05) is 68.9 Å². The highest BCUT2D eigenvalue weighted by molar-refractivity contribution is 6.10. The van der Waals surface area contributed by atoms with E-state index in [1.54, 1.807) is 6.07 Å². The number of guanidine groups is 1. The van der Waals surface area contributed by atoms with Crippen LogP contribution < -0.4 is 20.1 Å². The van der Waals surface area contributed by atoms with Crippen LogP contribution in [0.3, 0.4) is 0 Å². The SMILES string of the molecule is Cc1cccc(C(=O)NC(=NCCc2c(C)nn(C)c2C)Nc2ccc3c(c2)OCCO3)c1. The van der Waals surface area contributed by atoms with Crippen LogP contribution in [0.4, 0.5) is 5.69 Å². The molecule has 2 N–H and O–H groups in total. The van der Waals surface area contributed by atoms with Crippen molar-refractivity contribution in [2.75, 3.05) is 25.1 Å². The van der Waals surface area contributed by atoms with Crippen LogP contribution in [0.1, 0.15) is 32.9 Å². The molecule has 0 unspecified atom stereocenters. The van der Waals surface area contributed by atoms with Gasteiger partial charge in [0.2, 0.25) is 5.96 Å². The van der Waals surface area contributed by atoms with Gasteiger partial charge in [0.05, 0.1) is 5.69 Å². The van der Waals surface area contributed by atoms with Crippen molar-refractivity contribution in [2.24, 2.45) is 12.0 Å². The quantitative estimate of drug-likeness (QED) is 0.461. The van der Waals surface area contributed by atoms with Gasteiger partial charge in [-0.1, -0.05) is 17.7 Å². The second-order valence-electron chi connectivity index (χ2n) is 8.06. The van der Waals surface area contributed by atoms with Crippen molar-refractivity contribution >= 4 is 17.6 Å². The van der Waals surface area contributed by atoms with Crippen molar-refractivity contribution in [1.82, 2.24) is 15.1 Å². The summed E-state index contributed by atoms with van der Waals surface area (Å²) in [4.78, 5) is 17.6. The molecule has 0 atom stereocenters. The molecule has 0 fully saturated rings. The molecule has 2 aromatic carbocycles. The number of carbonyl (C=O) groups is 1. The summed E-state index contributed by atoms with van der Waals surface area (Å²) >= 11 is 0. The lowest BCUT2D eigenvalue weighted by Gasteiger charge is -2.19. The first-order valence-electron chi connectivity index (χ1n) is 11.0. The lowest BCUT2D eigenvalue weighted by molar-refractivity contribution is 0.0977. The average Bonchev–Trinajstić information content (AvgIpc) is 3.04. The molecule has 0 aliphatic carbocycles. The van der Waals surface area contributed by atoms with Crippen LogP contribution in [0.15, 0.2) is 47.5 Å². The van der Waals surface area contributed by atoms with Gasteiger partial charge in [-0.25, -0.2) is 0 Å². The lowest BCUT2D eigenvalue weighted by Crippen LogP contribution is -2.36. The van der Waals surface area contributed by atoms with Gasteiger partial charge in [-0.05, 0) is 57.0 Å². The lowest BCUT2D eigenvalue weighted by atomic mass is 10.1. The first kappa shape index (κ1) is 22.4. The van der Waals surface area contributed by atoms with Crippen molar-refractivity contribution in [1.29, 1.82) is 0 Å². The third-order valence-electron chi connectivity index (χ3n) is 5.61. The van der Waals surface area contributed by atoms with Crippen molar-refractivity contribution < 1.29 is 14.3 Å². The van der Waals surface area contributed by atoms with E-state index in [9.17, 15) is 4.79 Å². The van der Waals surface area contributed by atoms with Crippen molar-refractivity contribution in [3.05, 3.63) is 70.5 Å². The number of nitrogens with zero attached hydrogens (tertiary/aromatic N) is 3. The molecule has 1 aliphatic heterocycles. The molecule has 8 heteroatoms. The van der Waals surface area contributed by atoms with Crippen LogP contribution in [0, 0.1) is 20.8 Å². The number of aromatic nitrogens is 2. The first-order chi connectivity index (χ1) is 15.9. The highest BCUT2D eigenvalue weighted by Gasteiger charge is 2.15. The van der Waals surface area contributed by atoms with E-state index in [0.29, 0.717) is 42.8 Å². The molecule has 0 radical (unpaired) electrons. The Balaban J connectivity index is 1.54. The maximum absolute atomic E-state index is 12.9. The second-order valence-corrected chi connectivity index (χ2v) is 8.06. The summed E-state index contributed by atoms with van der Waals surface area (Å²) in [5, 5.41) is 10.6. The molecule has 33 heavy (non-hydrogen) atoms. The summed E-state index contributed by atoms with van der Waals surface area (Å²) in [6, 6.07) is 13.0. The fraction of sp³-hybridized carbons (Fsp3) is 0.320. The smallest absolute Gasteiger partial charge is 0.257 e. The minimum atomic E-state index is -0.226. The molecule has 0 saturated heterocycles. The van der Waals surface area contributed by atoms with Gasteiger partial charge in [-0.15, -0.1) is 0 Å². The molecule has 0 bridgehead atoms. The Morgan fingerprint density at radius 3 is 2.61 bits per heavy atom. The van der Waals surface area contributed by atoms with Crippen LogP contribution in [0.2, 0.25) is 0 Å². The Morgan fingerprint density at radius 2 is 1.88 bits per heavy atom. The summed E-state index contributed by atoms with van der Waals surface area (Å²) in [6.07, 6.45) is 0.720. The number of hydrogen-bond donors (Lipinski definition) is 2. The maximum Gasteiger partial charge on any atom is 0.257 e. The van der Waals surface area contributed by atoms with E-state index in [2.05, 4.69) is 20.7 Å². The monoisotopic (exact) mass is 447 g/mol. The highest BCUT2D eigenvalue weighted by Crippen LogP contribution is 2.32. The Kier molecular flexibility index (Phi) is 6.63. The molecule has 2 heterocycles.